The molecule has 0 saturated carbocycles. The summed E-state index contributed by atoms with van der Waals surface area (Å²) < 4.78 is 27.1. The van der Waals surface area contributed by atoms with Crippen LogP contribution in [0.1, 0.15) is 24.5 Å². The molecule has 1 atom stereocenters. The van der Waals surface area contributed by atoms with Gasteiger partial charge in [-0.15, -0.1) is 24.0 Å². The highest BCUT2D eigenvalue weighted by molar-refractivity contribution is 14.0. The van der Waals surface area contributed by atoms with E-state index in [9.17, 15) is 13.6 Å². The second kappa shape index (κ2) is 13.3. The topological polar surface area (TPSA) is 56.7 Å². The number of nitrogens with zero attached hydrogens (tertiary/aromatic N) is 2. The molecule has 1 aliphatic heterocycles. The van der Waals surface area contributed by atoms with Crippen LogP contribution in [0.3, 0.4) is 0 Å². The molecular weight excluding hydrogens is 525 g/mol. The molecule has 8 heteroatoms. The lowest BCUT2D eigenvalue weighted by molar-refractivity contribution is -0.127. The van der Waals surface area contributed by atoms with E-state index >= 15 is 0 Å². The smallest absolute Gasteiger partial charge is 0.223 e. The van der Waals surface area contributed by atoms with E-state index in [1.54, 1.807) is 6.07 Å². The minimum Gasteiger partial charge on any atom is -0.357 e. The Morgan fingerprint density at radius 1 is 1.09 bits per heavy atom. The van der Waals surface area contributed by atoms with Crippen LogP contribution in [0, 0.1) is 17.6 Å². The van der Waals surface area contributed by atoms with Gasteiger partial charge in [0.2, 0.25) is 5.91 Å². The summed E-state index contributed by atoms with van der Waals surface area (Å²) in [4.78, 5) is 18.9. The van der Waals surface area contributed by atoms with Gasteiger partial charge in [0, 0.05) is 45.1 Å². The van der Waals surface area contributed by atoms with Crippen molar-refractivity contribution >= 4 is 35.8 Å². The van der Waals surface area contributed by atoms with Gasteiger partial charge in [-0.3, -0.25) is 9.79 Å². The molecule has 0 bridgehead atoms. The van der Waals surface area contributed by atoms with Crippen LogP contribution in [0.2, 0.25) is 0 Å². The van der Waals surface area contributed by atoms with Crippen molar-refractivity contribution in [3.05, 3.63) is 71.3 Å². The third kappa shape index (κ3) is 7.72. The number of halogens is 3. The van der Waals surface area contributed by atoms with Crippen molar-refractivity contribution in [3.63, 3.8) is 0 Å². The van der Waals surface area contributed by atoms with Crippen molar-refractivity contribution in [2.45, 2.75) is 26.2 Å². The van der Waals surface area contributed by atoms with Crippen LogP contribution in [0.15, 0.2) is 53.5 Å². The van der Waals surface area contributed by atoms with Crippen LogP contribution in [0.5, 0.6) is 0 Å². The summed E-state index contributed by atoms with van der Waals surface area (Å²) in [6.45, 7) is 5.06. The van der Waals surface area contributed by atoms with Crippen molar-refractivity contribution in [1.82, 2.24) is 15.5 Å². The Labute approximate surface area is 205 Å². The molecule has 0 aromatic heterocycles. The van der Waals surface area contributed by atoms with Crippen molar-refractivity contribution in [2.75, 3.05) is 32.7 Å². The number of carbonyl (C=O) groups is 1. The lowest BCUT2D eigenvalue weighted by Gasteiger charge is -2.16. The second-order valence-electron chi connectivity index (χ2n) is 7.75. The Kier molecular flexibility index (Phi) is 10.9. The molecule has 1 heterocycles. The fourth-order valence-corrected chi connectivity index (χ4v) is 3.72. The summed E-state index contributed by atoms with van der Waals surface area (Å²) in [6, 6.07) is 14.4. The fraction of sp³-hybridized carbons (Fsp3) is 0.417. The van der Waals surface area contributed by atoms with Gasteiger partial charge < -0.3 is 15.5 Å². The van der Waals surface area contributed by atoms with Gasteiger partial charge in [-0.05, 0) is 37.0 Å². The number of hydrogen-bond acceptors (Lipinski definition) is 2. The molecule has 1 unspecified atom stereocenters. The second-order valence-corrected chi connectivity index (χ2v) is 7.75. The Balaban J connectivity index is 0.00000363. The lowest BCUT2D eigenvalue weighted by atomic mass is 10.1. The van der Waals surface area contributed by atoms with Crippen LogP contribution in [0.25, 0.3) is 0 Å². The third-order valence-corrected chi connectivity index (χ3v) is 5.38. The number of nitrogens with one attached hydrogen (secondary N) is 2. The SMILES string of the molecule is CCNC(=NCC1CC(=O)N(CCc2ccccc2)C1)NCCc1cccc(F)c1F.I. The number of hydrogen-bond donors (Lipinski definition) is 2. The molecule has 0 aliphatic carbocycles. The van der Waals surface area contributed by atoms with E-state index in [4.69, 9.17) is 0 Å². The van der Waals surface area contributed by atoms with Gasteiger partial charge in [0.25, 0.3) is 0 Å². The quantitative estimate of drug-likeness (QED) is 0.281. The predicted octanol–water partition coefficient (Wildman–Crippen LogP) is 3.77. The first kappa shape index (κ1) is 26.0. The zero-order chi connectivity index (χ0) is 22.1. The van der Waals surface area contributed by atoms with Crippen molar-refractivity contribution in [1.29, 1.82) is 0 Å². The molecule has 2 N–H and O–H groups in total. The number of rotatable bonds is 9. The van der Waals surface area contributed by atoms with E-state index in [-0.39, 0.29) is 35.8 Å². The molecule has 1 saturated heterocycles. The zero-order valence-corrected chi connectivity index (χ0v) is 20.7. The highest BCUT2D eigenvalue weighted by atomic mass is 127. The molecule has 5 nitrogen and oxygen atoms in total. The monoisotopic (exact) mass is 556 g/mol. The molecule has 2 aromatic carbocycles. The summed E-state index contributed by atoms with van der Waals surface area (Å²) in [7, 11) is 0. The molecule has 32 heavy (non-hydrogen) atoms. The minimum absolute atomic E-state index is 0. The molecule has 0 radical (unpaired) electrons. The van der Waals surface area contributed by atoms with Gasteiger partial charge in [0.05, 0.1) is 0 Å². The van der Waals surface area contributed by atoms with Crippen LogP contribution in [-0.4, -0.2) is 49.5 Å². The van der Waals surface area contributed by atoms with Crippen LogP contribution >= 0.6 is 24.0 Å². The Bertz CT molecular complexity index is 895. The molecule has 1 aliphatic rings. The van der Waals surface area contributed by atoms with Gasteiger partial charge in [0.1, 0.15) is 0 Å². The number of guanidine groups is 1. The Morgan fingerprint density at radius 2 is 1.88 bits per heavy atom. The van der Waals surface area contributed by atoms with Gasteiger partial charge in [-0.1, -0.05) is 42.5 Å². The minimum atomic E-state index is -0.833. The van der Waals surface area contributed by atoms with E-state index in [0.29, 0.717) is 50.5 Å². The van der Waals surface area contributed by atoms with Gasteiger partial charge in [0.15, 0.2) is 17.6 Å². The summed E-state index contributed by atoms with van der Waals surface area (Å²) in [5.74, 6) is -0.656. The average molecular weight is 556 g/mol. The third-order valence-electron chi connectivity index (χ3n) is 5.38. The van der Waals surface area contributed by atoms with E-state index in [0.717, 1.165) is 19.0 Å². The van der Waals surface area contributed by atoms with Crippen molar-refractivity contribution in [2.24, 2.45) is 10.9 Å². The normalized spacial score (nSPS) is 16.1. The summed E-state index contributed by atoms with van der Waals surface area (Å²) in [5.41, 5.74) is 1.56. The molecule has 1 fully saturated rings. The number of amides is 1. The number of carbonyl (C=O) groups excluding carboxylic acids is 1. The number of likely N-dealkylation sites (tertiary alicyclic amines) is 1. The standard InChI is InChI=1S/C24H30F2N4O.HI/c1-2-27-24(28-13-11-20-9-6-10-21(25)23(20)26)29-16-19-15-22(31)30(17-19)14-12-18-7-4-3-5-8-18;/h3-10,19H,2,11-17H2,1H3,(H2,27,28,29);1H. The molecule has 2 aromatic rings. The zero-order valence-electron chi connectivity index (χ0n) is 18.3. The first-order valence-electron chi connectivity index (χ1n) is 10.8. The largest absolute Gasteiger partial charge is 0.357 e. The van der Waals surface area contributed by atoms with E-state index in [2.05, 4.69) is 27.8 Å². The first-order chi connectivity index (χ1) is 15.1. The highest BCUT2D eigenvalue weighted by Crippen LogP contribution is 2.18. The van der Waals surface area contributed by atoms with E-state index in [1.807, 2.05) is 30.0 Å². The van der Waals surface area contributed by atoms with Crippen LogP contribution in [0.4, 0.5) is 8.78 Å². The molecular formula is C24H31F2IN4O. The average Bonchev–Trinajstić information content (AvgIpc) is 3.13. The van der Waals surface area contributed by atoms with Crippen LogP contribution in [-0.2, 0) is 17.6 Å². The van der Waals surface area contributed by atoms with E-state index in [1.165, 1.54) is 11.6 Å². The number of benzene rings is 2. The Morgan fingerprint density at radius 3 is 2.62 bits per heavy atom. The van der Waals surface area contributed by atoms with Crippen molar-refractivity contribution in [3.8, 4) is 0 Å². The van der Waals surface area contributed by atoms with Crippen molar-refractivity contribution < 1.29 is 13.6 Å². The van der Waals surface area contributed by atoms with Gasteiger partial charge in [-0.2, -0.15) is 0 Å². The van der Waals surface area contributed by atoms with Gasteiger partial charge >= 0.3 is 0 Å². The fourth-order valence-electron chi connectivity index (χ4n) is 3.72. The molecule has 0 spiro atoms. The predicted molar refractivity (Wildman–Crippen MR) is 134 cm³/mol. The van der Waals surface area contributed by atoms with Crippen LogP contribution < -0.4 is 10.6 Å². The molecule has 1 amide bonds. The molecule has 174 valence electrons. The Hall–Kier alpha value is -2.23. The van der Waals surface area contributed by atoms with E-state index < -0.39 is 11.6 Å². The summed E-state index contributed by atoms with van der Waals surface area (Å²) in [6.07, 6.45) is 1.71. The lowest BCUT2D eigenvalue weighted by Crippen LogP contribution is -2.38. The molecule has 3 rings (SSSR count). The first-order valence-corrected chi connectivity index (χ1v) is 10.8. The highest BCUT2D eigenvalue weighted by Gasteiger charge is 2.29. The summed E-state index contributed by atoms with van der Waals surface area (Å²) in [5, 5.41) is 6.32. The summed E-state index contributed by atoms with van der Waals surface area (Å²) >= 11 is 0. The maximum absolute atomic E-state index is 13.8. The maximum atomic E-state index is 13.8. The van der Waals surface area contributed by atoms with Gasteiger partial charge in [-0.25, -0.2) is 8.78 Å². The number of aliphatic imine (C=N–C) groups is 1. The maximum Gasteiger partial charge on any atom is 0.223 e.